The topological polar surface area (TPSA) is 51.2 Å². The average molecular weight is 264 g/mol. The second kappa shape index (κ2) is 6.74. The molecule has 0 aliphatic rings. The van der Waals surface area contributed by atoms with E-state index in [1.165, 1.54) is 12.3 Å². The zero-order chi connectivity index (χ0) is 14.3. The number of carbonyl (C=O) groups is 1. The van der Waals surface area contributed by atoms with Crippen LogP contribution in [0.5, 0.6) is 0 Å². The molecule has 4 nitrogen and oxygen atoms in total. The summed E-state index contributed by atoms with van der Waals surface area (Å²) in [6.45, 7) is 5.73. The zero-order valence-corrected chi connectivity index (χ0v) is 11.3. The maximum atomic E-state index is 13.2. The van der Waals surface area contributed by atoms with Gasteiger partial charge in [0.25, 0.3) is 0 Å². The van der Waals surface area contributed by atoms with Crippen molar-refractivity contribution in [3.05, 3.63) is 29.8 Å². The number of rotatable bonds is 2. The highest BCUT2D eigenvalue weighted by molar-refractivity contribution is 5.67. The summed E-state index contributed by atoms with van der Waals surface area (Å²) in [5.41, 5.74) is -0.220. The number of hydrogen-bond donors (Lipinski definition) is 1. The van der Waals surface area contributed by atoms with Crippen LogP contribution in [0.25, 0.3) is 0 Å². The van der Waals surface area contributed by atoms with Gasteiger partial charge in [-0.15, -0.1) is 0 Å². The van der Waals surface area contributed by atoms with E-state index in [1.807, 2.05) is 0 Å². The predicted molar refractivity (Wildman–Crippen MR) is 69.9 cm³/mol. The second-order valence-electron chi connectivity index (χ2n) is 4.84. The van der Waals surface area contributed by atoms with E-state index in [-0.39, 0.29) is 0 Å². The van der Waals surface area contributed by atoms with Gasteiger partial charge in [0, 0.05) is 19.2 Å². The van der Waals surface area contributed by atoms with Gasteiger partial charge >= 0.3 is 6.09 Å². The van der Waals surface area contributed by atoms with Gasteiger partial charge < -0.3 is 10.1 Å². The molecule has 0 aromatic carbocycles. The van der Waals surface area contributed by atoms with Crippen LogP contribution in [0.3, 0.4) is 0 Å². The first-order valence-corrected chi connectivity index (χ1v) is 5.94. The third-order valence-electron chi connectivity index (χ3n) is 1.91. The van der Waals surface area contributed by atoms with E-state index in [0.717, 1.165) is 6.20 Å². The summed E-state index contributed by atoms with van der Waals surface area (Å²) in [5, 5.41) is 2.57. The normalized spacial score (nSPS) is 10.3. The molecule has 0 saturated carbocycles. The Hall–Kier alpha value is -2.09. The Morgan fingerprint density at radius 2 is 2.26 bits per heavy atom. The number of nitrogens with zero attached hydrogens (tertiary/aromatic N) is 1. The van der Waals surface area contributed by atoms with Gasteiger partial charge in [-0.1, -0.05) is 11.8 Å². The first kappa shape index (κ1) is 15.0. The number of nitrogens with one attached hydrogen (secondary N) is 1. The molecule has 1 heterocycles. The van der Waals surface area contributed by atoms with Crippen molar-refractivity contribution in [2.24, 2.45) is 0 Å². The Kier molecular flexibility index (Phi) is 5.31. The summed E-state index contributed by atoms with van der Waals surface area (Å²) in [7, 11) is 0. The fourth-order valence-electron chi connectivity index (χ4n) is 1.18. The Morgan fingerprint density at radius 1 is 1.53 bits per heavy atom. The van der Waals surface area contributed by atoms with Crippen molar-refractivity contribution >= 4 is 6.09 Å². The van der Waals surface area contributed by atoms with Crippen LogP contribution in [0, 0.1) is 17.7 Å². The lowest BCUT2D eigenvalue weighted by molar-refractivity contribution is 0.0529. The van der Waals surface area contributed by atoms with Crippen LogP contribution in [-0.4, -0.2) is 23.2 Å². The van der Waals surface area contributed by atoms with Gasteiger partial charge in [0.05, 0.1) is 11.8 Å². The number of alkyl carbamates (subject to hydrolysis) is 1. The molecule has 0 radical (unpaired) electrons. The van der Waals surface area contributed by atoms with Crippen LogP contribution in [0.1, 0.15) is 32.8 Å². The van der Waals surface area contributed by atoms with E-state index in [9.17, 15) is 9.18 Å². The van der Waals surface area contributed by atoms with E-state index in [2.05, 4.69) is 22.1 Å². The molecule has 1 aromatic rings. The predicted octanol–water partition coefficient (Wildman–Crippen LogP) is 2.49. The summed E-state index contributed by atoms with van der Waals surface area (Å²) in [4.78, 5) is 14.9. The summed E-state index contributed by atoms with van der Waals surface area (Å²) < 4.78 is 18.2. The van der Waals surface area contributed by atoms with Crippen LogP contribution in [0.2, 0.25) is 0 Å². The monoisotopic (exact) mass is 264 g/mol. The molecule has 0 bridgehead atoms. The largest absolute Gasteiger partial charge is 0.444 e. The molecule has 1 amide bonds. The molecule has 0 spiro atoms. The number of pyridine rings is 1. The molecule has 0 aliphatic heterocycles. The van der Waals surface area contributed by atoms with Gasteiger partial charge in [-0.25, -0.2) is 9.18 Å². The van der Waals surface area contributed by atoms with E-state index in [0.29, 0.717) is 18.5 Å². The molecular formula is C14H17FN2O2. The minimum atomic E-state index is -0.518. The molecule has 1 N–H and O–H groups in total. The quantitative estimate of drug-likeness (QED) is 0.659. The third-order valence-corrected chi connectivity index (χ3v) is 1.91. The second-order valence-corrected chi connectivity index (χ2v) is 4.84. The van der Waals surface area contributed by atoms with Gasteiger partial charge in [-0.2, -0.15) is 0 Å². The Balaban J connectivity index is 2.33. The Labute approximate surface area is 112 Å². The molecular weight excluding hydrogens is 247 g/mol. The minimum Gasteiger partial charge on any atom is -0.444 e. The van der Waals surface area contributed by atoms with E-state index in [4.69, 9.17) is 4.74 Å². The number of amides is 1. The lowest BCUT2D eigenvalue weighted by atomic mass is 10.2. The van der Waals surface area contributed by atoms with Gasteiger partial charge in [-0.3, -0.25) is 4.98 Å². The molecule has 0 unspecified atom stereocenters. The van der Waals surface area contributed by atoms with Gasteiger partial charge in [0.15, 0.2) is 5.82 Å². The average Bonchev–Trinajstić information content (AvgIpc) is 2.28. The first-order chi connectivity index (χ1) is 8.88. The van der Waals surface area contributed by atoms with E-state index < -0.39 is 17.5 Å². The molecule has 0 atom stereocenters. The minimum absolute atomic E-state index is 0.298. The van der Waals surface area contributed by atoms with Crippen LogP contribution in [-0.2, 0) is 4.74 Å². The number of halogens is 1. The van der Waals surface area contributed by atoms with Crippen molar-refractivity contribution in [1.82, 2.24) is 10.3 Å². The van der Waals surface area contributed by atoms with E-state index >= 15 is 0 Å². The Bertz CT molecular complexity index is 498. The van der Waals surface area contributed by atoms with Gasteiger partial charge in [0.1, 0.15) is 5.60 Å². The summed E-state index contributed by atoms with van der Waals surface area (Å²) >= 11 is 0. The fourth-order valence-corrected chi connectivity index (χ4v) is 1.18. The Morgan fingerprint density at radius 3 is 2.89 bits per heavy atom. The number of ether oxygens (including phenoxy) is 1. The SMILES string of the molecule is CC(C)(C)OC(=O)NCCC#Cc1ccncc1F. The number of carbonyl (C=O) groups excluding carboxylic acids is 1. The molecule has 1 rings (SSSR count). The summed E-state index contributed by atoms with van der Waals surface area (Å²) in [5.74, 6) is 5.00. The first-order valence-electron chi connectivity index (χ1n) is 5.94. The molecule has 0 saturated heterocycles. The smallest absolute Gasteiger partial charge is 0.407 e. The maximum Gasteiger partial charge on any atom is 0.407 e. The van der Waals surface area contributed by atoms with Crippen molar-refractivity contribution in [3.63, 3.8) is 0 Å². The zero-order valence-electron chi connectivity index (χ0n) is 11.3. The molecule has 1 aromatic heterocycles. The van der Waals surface area contributed by atoms with Crippen LogP contribution in [0.4, 0.5) is 9.18 Å². The van der Waals surface area contributed by atoms with Crippen molar-refractivity contribution < 1.29 is 13.9 Å². The highest BCUT2D eigenvalue weighted by Crippen LogP contribution is 2.06. The van der Waals surface area contributed by atoms with Crippen LogP contribution >= 0.6 is 0 Å². The van der Waals surface area contributed by atoms with Crippen molar-refractivity contribution in [3.8, 4) is 11.8 Å². The molecule has 0 aliphatic carbocycles. The van der Waals surface area contributed by atoms with Gasteiger partial charge in [0.2, 0.25) is 0 Å². The molecule has 19 heavy (non-hydrogen) atoms. The number of hydrogen-bond acceptors (Lipinski definition) is 3. The maximum absolute atomic E-state index is 13.2. The van der Waals surface area contributed by atoms with Crippen molar-refractivity contribution in [1.29, 1.82) is 0 Å². The van der Waals surface area contributed by atoms with Gasteiger partial charge in [-0.05, 0) is 26.8 Å². The summed E-state index contributed by atoms with van der Waals surface area (Å²) in [6, 6.07) is 1.50. The lowest BCUT2D eigenvalue weighted by Gasteiger charge is -2.19. The van der Waals surface area contributed by atoms with Crippen LogP contribution < -0.4 is 5.32 Å². The van der Waals surface area contributed by atoms with Crippen molar-refractivity contribution in [2.75, 3.05) is 6.54 Å². The highest BCUT2D eigenvalue weighted by Gasteiger charge is 2.15. The standard InChI is InChI=1S/C14H17FN2O2/c1-14(2,3)19-13(18)17-8-5-4-6-11-7-9-16-10-12(11)15/h7,9-10H,5,8H2,1-3H3,(H,17,18). The number of aromatic nitrogens is 1. The van der Waals surface area contributed by atoms with Crippen molar-refractivity contribution in [2.45, 2.75) is 32.8 Å². The molecule has 102 valence electrons. The molecule has 0 fully saturated rings. The van der Waals surface area contributed by atoms with Crippen LogP contribution in [0.15, 0.2) is 18.5 Å². The third kappa shape index (κ3) is 6.41. The highest BCUT2D eigenvalue weighted by atomic mass is 19.1. The lowest BCUT2D eigenvalue weighted by Crippen LogP contribution is -2.32. The van der Waals surface area contributed by atoms with E-state index in [1.54, 1.807) is 20.8 Å². The fraction of sp³-hybridized carbons (Fsp3) is 0.429. The molecule has 5 heteroatoms. The summed E-state index contributed by atoms with van der Waals surface area (Å²) in [6.07, 6.45) is 2.53.